The van der Waals surface area contributed by atoms with Gasteiger partial charge in [0.15, 0.2) is 0 Å². The van der Waals surface area contributed by atoms with E-state index in [0.717, 1.165) is 6.42 Å². The van der Waals surface area contributed by atoms with Gasteiger partial charge in [0.05, 0.1) is 7.11 Å². The predicted octanol–water partition coefficient (Wildman–Crippen LogP) is 3.28. The van der Waals surface area contributed by atoms with Gasteiger partial charge in [-0.2, -0.15) is 0 Å². The third-order valence-electron chi connectivity index (χ3n) is 2.75. The number of rotatable bonds is 6. The van der Waals surface area contributed by atoms with Crippen LogP contribution in [0.5, 0.6) is 0 Å². The zero-order chi connectivity index (χ0) is 13.5. The first-order valence-electron chi connectivity index (χ1n) is 6.07. The highest BCUT2D eigenvalue weighted by Gasteiger charge is 2.11. The molecule has 3 nitrogen and oxygen atoms in total. The van der Waals surface area contributed by atoms with E-state index in [1.807, 2.05) is 0 Å². The normalized spacial score (nSPS) is 12.2. The molecule has 0 spiro atoms. The first-order valence-corrected chi connectivity index (χ1v) is 6.95. The number of aryl methyl sites for hydroxylation is 1. The summed E-state index contributed by atoms with van der Waals surface area (Å²) in [4.78, 5) is 17.7. The molecule has 1 aromatic carbocycles. The van der Waals surface area contributed by atoms with E-state index in [1.165, 1.54) is 22.6 Å². The molecular weight excluding hydrogens is 246 g/mol. The van der Waals surface area contributed by atoms with Crippen molar-refractivity contribution in [2.75, 3.05) is 14.2 Å². The molecule has 0 aliphatic heterocycles. The molecular formula is C14H21NO2S. The maximum atomic E-state index is 11.6. The Morgan fingerprint density at radius 2 is 2.00 bits per heavy atom. The van der Waals surface area contributed by atoms with E-state index in [2.05, 4.69) is 38.1 Å². The summed E-state index contributed by atoms with van der Waals surface area (Å²) in [6.45, 7) is 4.22. The van der Waals surface area contributed by atoms with Crippen LogP contribution in [0.4, 0.5) is 0 Å². The van der Waals surface area contributed by atoms with E-state index >= 15 is 0 Å². The molecule has 0 N–H and O–H groups in total. The number of hydrogen-bond acceptors (Lipinski definition) is 3. The minimum atomic E-state index is 0.0221. The van der Waals surface area contributed by atoms with Gasteiger partial charge in [0, 0.05) is 23.6 Å². The van der Waals surface area contributed by atoms with Gasteiger partial charge in [-0.05, 0) is 25.5 Å². The summed E-state index contributed by atoms with van der Waals surface area (Å²) in [6.07, 6.45) is 1.37. The number of hydroxylamine groups is 2. The quantitative estimate of drug-likeness (QED) is 0.585. The van der Waals surface area contributed by atoms with E-state index in [0.29, 0.717) is 11.7 Å². The summed E-state index contributed by atoms with van der Waals surface area (Å²) in [7, 11) is 3.14. The third-order valence-corrected chi connectivity index (χ3v) is 3.93. The maximum absolute atomic E-state index is 11.6. The van der Waals surface area contributed by atoms with Crippen molar-refractivity contribution in [2.45, 2.75) is 36.8 Å². The molecule has 0 aromatic heterocycles. The molecule has 0 fully saturated rings. The maximum Gasteiger partial charge on any atom is 0.245 e. The monoisotopic (exact) mass is 267 g/mol. The molecule has 1 aromatic rings. The summed E-state index contributed by atoms with van der Waals surface area (Å²) < 4.78 is 0. The average Bonchev–Trinajstić information content (AvgIpc) is 2.37. The Kier molecular flexibility index (Phi) is 6.22. The molecule has 0 heterocycles. The zero-order valence-corrected chi connectivity index (χ0v) is 12.3. The van der Waals surface area contributed by atoms with E-state index in [-0.39, 0.29) is 5.91 Å². The molecule has 1 amide bonds. The number of benzene rings is 1. The SMILES string of the molecule is CON(C)C(=O)CCC(C)Sc1ccc(C)cc1. The Hall–Kier alpha value is -1.00. The van der Waals surface area contributed by atoms with Gasteiger partial charge in [-0.25, -0.2) is 5.06 Å². The number of hydrogen-bond donors (Lipinski definition) is 0. The van der Waals surface area contributed by atoms with Crippen LogP contribution in [-0.2, 0) is 9.63 Å². The van der Waals surface area contributed by atoms with Crippen LogP contribution >= 0.6 is 11.8 Å². The largest absolute Gasteiger partial charge is 0.275 e. The molecule has 0 aliphatic carbocycles. The van der Waals surface area contributed by atoms with Crippen LogP contribution in [0.15, 0.2) is 29.2 Å². The lowest BCUT2D eigenvalue weighted by Gasteiger charge is -2.15. The smallest absolute Gasteiger partial charge is 0.245 e. The van der Waals surface area contributed by atoms with E-state index in [9.17, 15) is 4.79 Å². The summed E-state index contributed by atoms with van der Waals surface area (Å²) in [5, 5.41) is 1.70. The topological polar surface area (TPSA) is 29.5 Å². The van der Waals surface area contributed by atoms with Gasteiger partial charge in [-0.15, -0.1) is 11.8 Å². The van der Waals surface area contributed by atoms with Gasteiger partial charge in [0.1, 0.15) is 0 Å². The summed E-state index contributed by atoms with van der Waals surface area (Å²) >= 11 is 1.80. The van der Waals surface area contributed by atoms with Crippen molar-refractivity contribution in [1.82, 2.24) is 5.06 Å². The van der Waals surface area contributed by atoms with E-state index < -0.39 is 0 Å². The summed E-state index contributed by atoms with van der Waals surface area (Å²) in [5.41, 5.74) is 1.27. The molecule has 18 heavy (non-hydrogen) atoms. The molecule has 1 atom stereocenters. The summed E-state index contributed by atoms with van der Waals surface area (Å²) in [6, 6.07) is 8.47. The second kappa shape index (κ2) is 7.44. The highest BCUT2D eigenvalue weighted by Crippen LogP contribution is 2.26. The van der Waals surface area contributed by atoms with Crippen LogP contribution in [0.25, 0.3) is 0 Å². The van der Waals surface area contributed by atoms with E-state index in [4.69, 9.17) is 4.84 Å². The van der Waals surface area contributed by atoms with Crippen LogP contribution in [0.3, 0.4) is 0 Å². The first kappa shape index (κ1) is 15.1. The Morgan fingerprint density at radius 1 is 1.39 bits per heavy atom. The second-order valence-electron chi connectivity index (χ2n) is 4.35. The lowest BCUT2D eigenvalue weighted by atomic mass is 10.2. The molecule has 0 radical (unpaired) electrons. The molecule has 1 unspecified atom stereocenters. The van der Waals surface area contributed by atoms with Crippen molar-refractivity contribution in [3.63, 3.8) is 0 Å². The highest BCUT2D eigenvalue weighted by atomic mass is 32.2. The van der Waals surface area contributed by atoms with Gasteiger partial charge < -0.3 is 0 Å². The minimum absolute atomic E-state index is 0.0221. The minimum Gasteiger partial charge on any atom is -0.275 e. The Bertz CT molecular complexity index is 378. The number of carbonyl (C=O) groups is 1. The molecule has 1 rings (SSSR count). The van der Waals surface area contributed by atoms with Crippen molar-refractivity contribution < 1.29 is 9.63 Å². The number of thioether (sulfide) groups is 1. The van der Waals surface area contributed by atoms with Crippen LogP contribution in [-0.4, -0.2) is 30.4 Å². The molecule has 0 saturated carbocycles. The van der Waals surface area contributed by atoms with E-state index in [1.54, 1.807) is 18.8 Å². The summed E-state index contributed by atoms with van der Waals surface area (Å²) in [5.74, 6) is 0.0221. The standard InChI is InChI=1S/C14H21NO2S/c1-11-5-8-13(9-6-11)18-12(2)7-10-14(16)15(3)17-4/h5-6,8-9,12H,7,10H2,1-4H3. The van der Waals surface area contributed by atoms with Crippen LogP contribution in [0, 0.1) is 6.92 Å². The van der Waals surface area contributed by atoms with Crippen LogP contribution < -0.4 is 0 Å². The number of nitrogens with zero attached hydrogens (tertiary/aromatic N) is 1. The fourth-order valence-electron chi connectivity index (χ4n) is 1.49. The van der Waals surface area contributed by atoms with Crippen molar-refractivity contribution in [2.24, 2.45) is 0 Å². The van der Waals surface area contributed by atoms with Gasteiger partial charge in [0.2, 0.25) is 5.91 Å². The van der Waals surface area contributed by atoms with Crippen LogP contribution in [0.1, 0.15) is 25.3 Å². The predicted molar refractivity (Wildman–Crippen MR) is 75.5 cm³/mol. The van der Waals surface area contributed by atoms with Crippen molar-refractivity contribution >= 4 is 17.7 Å². The van der Waals surface area contributed by atoms with Gasteiger partial charge in [-0.1, -0.05) is 24.6 Å². The Balaban J connectivity index is 2.35. The zero-order valence-electron chi connectivity index (χ0n) is 11.5. The van der Waals surface area contributed by atoms with Gasteiger partial charge >= 0.3 is 0 Å². The highest BCUT2D eigenvalue weighted by molar-refractivity contribution is 7.99. The second-order valence-corrected chi connectivity index (χ2v) is 5.87. The van der Waals surface area contributed by atoms with Crippen molar-refractivity contribution in [1.29, 1.82) is 0 Å². The Morgan fingerprint density at radius 3 is 2.56 bits per heavy atom. The molecule has 0 bridgehead atoms. The molecule has 4 heteroatoms. The van der Waals surface area contributed by atoms with Crippen LogP contribution in [0.2, 0.25) is 0 Å². The van der Waals surface area contributed by atoms with Gasteiger partial charge in [0.25, 0.3) is 0 Å². The molecule has 100 valence electrons. The fourth-order valence-corrected chi connectivity index (χ4v) is 2.49. The molecule has 0 saturated heterocycles. The Labute approximate surface area is 113 Å². The van der Waals surface area contributed by atoms with Gasteiger partial charge in [-0.3, -0.25) is 9.63 Å². The number of carbonyl (C=O) groups excluding carboxylic acids is 1. The number of amides is 1. The van der Waals surface area contributed by atoms with Crippen molar-refractivity contribution in [3.8, 4) is 0 Å². The fraction of sp³-hybridized carbons (Fsp3) is 0.500. The molecule has 0 aliphatic rings. The first-order chi connectivity index (χ1) is 8.52. The lowest BCUT2D eigenvalue weighted by molar-refractivity contribution is -0.168. The third kappa shape index (κ3) is 5.10. The lowest BCUT2D eigenvalue weighted by Crippen LogP contribution is -2.25. The van der Waals surface area contributed by atoms with Crippen molar-refractivity contribution in [3.05, 3.63) is 29.8 Å². The average molecular weight is 267 g/mol.